The van der Waals surface area contributed by atoms with Crippen molar-refractivity contribution >= 4 is 11.6 Å². The van der Waals surface area contributed by atoms with Crippen LogP contribution >= 0.6 is 11.6 Å². The number of benzene rings is 1. The van der Waals surface area contributed by atoms with Crippen molar-refractivity contribution in [1.29, 1.82) is 0 Å². The number of likely N-dealkylation sites (tertiary alicyclic amines) is 1. The molecule has 0 aromatic heterocycles. The average Bonchev–Trinajstić information content (AvgIpc) is 2.32. The molecule has 1 heterocycles. The Morgan fingerprint density at radius 3 is 2.39 bits per heavy atom. The van der Waals surface area contributed by atoms with Crippen molar-refractivity contribution in [3.05, 3.63) is 34.3 Å². The summed E-state index contributed by atoms with van der Waals surface area (Å²) in [6, 6.07) is 3.53. The molecule has 18 heavy (non-hydrogen) atoms. The van der Waals surface area contributed by atoms with Gasteiger partial charge in [0.25, 0.3) is 0 Å². The van der Waals surface area contributed by atoms with Crippen LogP contribution in [-0.4, -0.2) is 18.0 Å². The van der Waals surface area contributed by atoms with Gasteiger partial charge in [-0.3, -0.25) is 4.90 Å². The quantitative estimate of drug-likeness (QED) is 0.777. The minimum Gasteiger partial charge on any atom is -0.299 e. The molecule has 0 N–H and O–H groups in total. The molecule has 0 radical (unpaired) electrons. The topological polar surface area (TPSA) is 3.24 Å². The summed E-state index contributed by atoms with van der Waals surface area (Å²) in [6.07, 6.45) is -0.888. The zero-order chi connectivity index (χ0) is 13.2. The monoisotopic (exact) mass is 277 g/mol. The Morgan fingerprint density at radius 1 is 1.11 bits per heavy atom. The van der Waals surface area contributed by atoms with Gasteiger partial charge in [-0.15, -0.1) is 0 Å². The summed E-state index contributed by atoms with van der Waals surface area (Å²) >= 11 is 5.97. The van der Waals surface area contributed by atoms with Gasteiger partial charge in [0.05, 0.1) is 5.56 Å². The van der Waals surface area contributed by atoms with Crippen LogP contribution in [0.15, 0.2) is 18.2 Å². The normalized spacial score (nSPS) is 18.0. The van der Waals surface area contributed by atoms with Crippen molar-refractivity contribution in [1.82, 2.24) is 4.90 Å². The lowest BCUT2D eigenvalue weighted by molar-refractivity contribution is -0.137. The molecule has 1 aliphatic rings. The second-order valence-electron chi connectivity index (χ2n) is 4.64. The molecule has 0 aliphatic carbocycles. The maximum atomic E-state index is 12.6. The average molecular weight is 278 g/mol. The molecule has 0 amide bonds. The van der Waals surface area contributed by atoms with E-state index in [1.807, 2.05) is 0 Å². The summed E-state index contributed by atoms with van der Waals surface area (Å²) in [4.78, 5) is 2.16. The maximum Gasteiger partial charge on any atom is 0.416 e. The molecule has 0 unspecified atom stereocenters. The molecule has 5 heteroatoms. The predicted molar refractivity (Wildman–Crippen MR) is 65.6 cm³/mol. The Hall–Kier alpha value is -0.740. The van der Waals surface area contributed by atoms with Gasteiger partial charge in [0.15, 0.2) is 0 Å². The fourth-order valence-electron chi connectivity index (χ4n) is 2.23. The molecule has 0 atom stereocenters. The van der Waals surface area contributed by atoms with E-state index in [1.165, 1.54) is 12.5 Å². The molecule has 100 valence electrons. The van der Waals surface area contributed by atoms with Crippen molar-refractivity contribution in [2.45, 2.75) is 32.0 Å². The molecule has 0 bridgehead atoms. The van der Waals surface area contributed by atoms with Gasteiger partial charge in [-0.05, 0) is 49.7 Å². The van der Waals surface area contributed by atoms with E-state index in [0.29, 0.717) is 17.1 Å². The van der Waals surface area contributed by atoms with E-state index in [9.17, 15) is 13.2 Å². The molecule has 1 saturated heterocycles. The highest BCUT2D eigenvalue weighted by atomic mass is 35.5. The summed E-state index contributed by atoms with van der Waals surface area (Å²) in [6.45, 7) is 2.38. The van der Waals surface area contributed by atoms with Crippen LogP contribution in [-0.2, 0) is 12.7 Å². The SMILES string of the molecule is FC(F)(F)c1ccc(Cl)c(CN2CCCCC2)c1. The summed E-state index contributed by atoms with van der Waals surface area (Å²) < 4.78 is 37.9. The van der Waals surface area contributed by atoms with E-state index in [4.69, 9.17) is 11.6 Å². The van der Waals surface area contributed by atoms with E-state index >= 15 is 0 Å². The van der Waals surface area contributed by atoms with E-state index in [2.05, 4.69) is 4.90 Å². The van der Waals surface area contributed by atoms with Gasteiger partial charge in [0.1, 0.15) is 0 Å². The van der Waals surface area contributed by atoms with Crippen LogP contribution in [0.3, 0.4) is 0 Å². The number of hydrogen-bond donors (Lipinski definition) is 0. The van der Waals surface area contributed by atoms with E-state index in [0.717, 1.165) is 38.1 Å². The highest BCUT2D eigenvalue weighted by Crippen LogP contribution is 2.32. The third-order valence-corrected chi connectivity index (χ3v) is 3.58. The zero-order valence-corrected chi connectivity index (χ0v) is 10.7. The first-order chi connectivity index (χ1) is 8.47. The van der Waals surface area contributed by atoms with Gasteiger partial charge >= 0.3 is 6.18 Å². The smallest absolute Gasteiger partial charge is 0.299 e. The number of halogens is 4. The molecule has 0 spiro atoms. The number of piperidine rings is 1. The largest absolute Gasteiger partial charge is 0.416 e. The Balaban J connectivity index is 2.15. The Kier molecular flexibility index (Phi) is 4.17. The lowest BCUT2D eigenvalue weighted by Gasteiger charge is -2.27. The number of nitrogens with zero attached hydrogens (tertiary/aromatic N) is 1. The highest BCUT2D eigenvalue weighted by Gasteiger charge is 2.31. The first-order valence-corrected chi connectivity index (χ1v) is 6.42. The van der Waals surface area contributed by atoms with Crippen molar-refractivity contribution in [2.75, 3.05) is 13.1 Å². The van der Waals surface area contributed by atoms with Gasteiger partial charge in [0.2, 0.25) is 0 Å². The van der Waals surface area contributed by atoms with Crippen molar-refractivity contribution in [2.24, 2.45) is 0 Å². The molecule has 0 saturated carbocycles. The second-order valence-corrected chi connectivity index (χ2v) is 5.05. The molecular formula is C13H15ClF3N. The third kappa shape index (κ3) is 3.39. The summed E-state index contributed by atoms with van der Waals surface area (Å²) in [5.41, 5.74) is -0.0627. The molecule has 2 rings (SSSR count). The van der Waals surface area contributed by atoms with E-state index < -0.39 is 11.7 Å². The van der Waals surface area contributed by atoms with Gasteiger partial charge < -0.3 is 0 Å². The highest BCUT2D eigenvalue weighted by molar-refractivity contribution is 6.31. The lowest BCUT2D eigenvalue weighted by Crippen LogP contribution is -2.29. The lowest BCUT2D eigenvalue weighted by atomic mass is 10.1. The fourth-order valence-corrected chi connectivity index (χ4v) is 2.41. The van der Waals surface area contributed by atoms with E-state index in [-0.39, 0.29) is 0 Å². The van der Waals surface area contributed by atoms with Crippen molar-refractivity contribution in [3.8, 4) is 0 Å². The van der Waals surface area contributed by atoms with Crippen LogP contribution in [0.5, 0.6) is 0 Å². The number of hydrogen-bond acceptors (Lipinski definition) is 1. The van der Waals surface area contributed by atoms with Gasteiger partial charge in [-0.25, -0.2) is 0 Å². The van der Waals surface area contributed by atoms with Crippen LogP contribution in [0, 0.1) is 0 Å². The van der Waals surface area contributed by atoms with Crippen molar-refractivity contribution in [3.63, 3.8) is 0 Å². The summed E-state index contributed by atoms with van der Waals surface area (Å²) in [5.74, 6) is 0. The Labute approximate surface area is 110 Å². The molecule has 1 fully saturated rings. The van der Waals surface area contributed by atoms with Crippen LogP contribution in [0.4, 0.5) is 13.2 Å². The molecule has 1 aromatic rings. The first-order valence-electron chi connectivity index (χ1n) is 6.05. The van der Waals surface area contributed by atoms with E-state index in [1.54, 1.807) is 0 Å². The minimum atomic E-state index is -4.30. The summed E-state index contributed by atoms with van der Waals surface area (Å²) in [7, 11) is 0. The number of rotatable bonds is 2. The standard InChI is InChI=1S/C13H15ClF3N/c14-12-5-4-11(13(15,16)17)8-10(12)9-18-6-2-1-3-7-18/h4-5,8H,1-3,6-7,9H2. The molecule has 1 aromatic carbocycles. The third-order valence-electron chi connectivity index (χ3n) is 3.22. The molecular weight excluding hydrogens is 263 g/mol. The van der Waals surface area contributed by atoms with Gasteiger partial charge in [0, 0.05) is 11.6 Å². The van der Waals surface area contributed by atoms with Crippen LogP contribution < -0.4 is 0 Å². The van der Waals surface area contributed by atoms with Crippen LogP contribution in [0.2, 0.25) is 5.02 Å². The molecule has 1 aliphatic heterocycles. The predicted octanol–water partition coefficient (Wildman–Crippen LogP) is 4.34. The van der Waals surface area contributed by atoms with Crippen LogP contribution in [0.25, 0.3) is 0 Å². The first kappa shape index (κ1) is 13.7. The number of alkyl halides is 3. The minimum absolute atomic E-state index is 0.411. The van der Waals surface area contributed by atoms with Gasteiger partial charge in [-0.2, -0.15) is 13.2 Å². The Morgan fingerprint density at radius 2 is 1.78 bits per heavy atom. The second kappa shape index (κ2) is 5.49. The van der Waals surface area contributed by atoms with Crippen LogP contribution in [0.1, 0.15) is 30.4 Å². The fraction of sp³-hybridized carbons (Fsp3) is 0.538. The zero-order valence-electron chi connectivity index (χ0n) is 9.93. The molecule has 1 nitrogen and oxygen atoms in total. The maximum absolute atomic E-state index is 12.6. The van der Waals surface area contributed by atoms with Gasteiger partial charge in [-0.1, -0.05) is 18.0 Å². The van der Waals surface area contributed by atoms with Crippen molar-refractivity contribution < 1.29 is 13.2 Å². The Bertz CT molecular complexity index is 411. The summed E-state index contributed by atoms with van der Waals surface area (Å²) in [5, 5.41) is 0.411.